The molecule has 0 atom stereocenters. The zero-order valence-corrected chi connectivity index (χ0v) is 16.1. The van der Waals surface area contributed by atoms with Crippen LogP contribution in [0, 0.1) is 0 Å². The number of fused-ring (bicyclic) bond motifs is 1. The fourth-order valence-electron chi connectivity index (χ4n) is 3.18. The fraction of sp³-hybridized carbons (Fsp3) is 0.316. The summed E-state index contributed by atoms with van der Waals surface area (Å²) >= 11 is 3.57. The summed E-state index contributed by atoms with van der Waals surface area (Å²) in [6, 6.07) is 14.8. The van der Waals surface area contributed by atoms with Gasteiger partial charge in [-0.1, -0.05) is 23.5 Å². The average molecular weight is 372 g/mol. The molecule has 0 radical (unpaired) electrons. The molecule has 130 valence electrons. The van der Waals surface area contributed by atoms with Crippen molar-refractivity contribution in [1.29, 1.82) is 0 Å². The molecule has 1 saturated heterocycles. The minimum absolute atomic E-state index is 0.945. The molecule has 1 fully saturated rings. The van der Waals surface area contributed by atoms with Gasteiger partial charge >= 0.3 is 0 Å². The molecule has 1 aliphatic heterocycles. The van der Waals surface area contributed by atoms with Gasteiger partial charge in [0.2, 0.25) is 0 Å². The molecule has 2 heterocycles. The summed E-state index contributed by atoms with van der Waals surface area (Å²) in [6.45, 7) is 3.92. The van der Waals surface area contributed by atoms with E-state index in [2.05, 4.69) is 46.4 Å². The van der Waals surface area contributed by atoms with Crippen molar-refractivity contribution in [2.24, 2.45) is 0 Å². The van der Waals surface area contributed by atoms with E-state index in [0.717, 1.165) is 42.6 Å². The molecule has 0 amide bonds. The van der Waals surface area contributed by atoms with E-state index in [1.54, 1.807) is 30.2 Å². The number of hydrogen-bond donors (Lipinski definition) is 0. The van der Waals surface area contributed by atoms with Crippen molar-refractivity contribution in [3.05, 3.63) is 42.5 Å². The Morgan fingerprint density at radius 3 is 2.56 bits per heavy atom. The smallest absolute Gasteiger partial charge is 0.186 e. The number of piperazine rings is 1. The van der Waals surface area contributed by atoms with Crippen LogP contribution in [0.3, 0.4) is 0 Å². The number of aromatic nitrogens is 1. The molecule has 2 aromatic carbocycles. The first-order chi connectivity index (χ1) is 12.3. The number of anilines is 2. The maximum Gasteiger partial charge on any atom is 0.186 e. The minimum atomic E-state index is 0.945. The van der Waals surface area contributed by atoms with E-state index >= 15 is 0 Å². The van der Waals surface area contributed by atoms with Crippen molar-refractivity contribution in [1.82, 2.24) is 4.98 Å². The first-order valence-corrected chi connectivity index (χ1v) is 10.4. The maximum atomic E-state index is 5.50. The Hall–Kier alpha value is -1.92. The highest BCUT2D eigenvalue weighted by Gasteiger charge is 2.21. The number of ether oxygens (including phenoxy) is 1. The van der Waals surface area contributed by atoms with Crippen molar-refractivity contribution in [2.45, 2.75) is 4.90 Å². The molecule has 4 rings (SSSR count). The quantitative estimate of drug-likeness (QED) is 0.636. The van der Waals surface area contributed by atoms with Crippen LogP contribution in [0.15, 0.2) is 47.4 Å². The summed E-state index contributed by atoms with van der Waals surface area (Å²) in [5.74, 6) is 0.945. The highest BCUT2D eigenvalue weighted by atomic mass is 32.2. The maximum absolute atomic E-state index is 5.50. The molecule has 1 aliphatic rings. The summed E-state index contributed by atoms with van der Waals surface area (Å²) in [7, 11) is 1.74. The summed E-state index contributed by atoms with van der Waals surface area (Å²) in [4.78, 5) is 10.9. The van der Waals surface area contributed by atoms with Crippen LogP contribution >= 0.6 is 23.1 Å². The van der Waals surface area contributed by atoms with Gasteiger partial charge in [0.25, 0.3) is 0 Å². The number of para-hydroxylation sites is 2. The lowest BCUT2D eigenvalue weighted by Gasteiger charge is -2.36. The van der Waals surface area contributed by atoms with Crippen LogP contribution < -0.4 is 14.5 Å². The first-order valence-electron chi connectivity index (χ1n) is 8.36. The number of thiazole rings is 1. The third-order valence-corrected chi connectivity index (χ3v) is 6.36. The van der Waals surface area contributed by atoms with Crippen molar-refractivity contribution in [3.63, 3.8) is 0 Å². The molecular weight excluding hydrogens is 350 g/mol. The summed E-state index contributed by atoms with van der Waals surface area (Å²) < 4.78 is 6.78. The van der Waals surface area contributed by atoms with Gasteiger partial charge < -0.3 is 14.5 Å². The summed E-state index contributed by atoms with van der Waals surface area (Å²) in [6.07, 6.45) is 2.11. The lowest BCUT2D eigenvalue weighted by Crippen LogP contribution is -2.46. The van der Waals surface area contributed by atoms with E-state index in [9.17, 15) is 0 Å². The fourth-order valence-corrected chi connectivity index (χ4v) is 4.76. The standard InChI is InChI=1S/C19H21N3OS2/c1-23-17-6-4-3-5-16(17)21-9-11-22(12-10-21)19-20-15-8-7-14(24-2)13-18(15)25-19/h3-8,13H,9-12H2,1-2H3. The Morgan fingerprint density at radius 1 is 1.04 bits per heavy atom. The highest BCUT2D eigenvalue weighted by molar-refractivity contribution is 7.98. The van der Waals surface area contributed by atoms with Crippen molar-refractivity contribution in [2.75, 3.05) is 49.3 Å². The zero-order valence-electron chi connectivity index (χ0n) is 14.4. The van der Waals surface area contributed by atoms with E-state index in [1.165, 1.54) is 15.3 Å². The Balaban J connectivity index is 1.50. The number of methoxy groups -OCH3 is 1. The Kier molecular flexibility index (Phi) is 4.72. The zero-order chi connectivity index (χ0) is 17.2. The highest BCUT2D eigenvalue weighted by Crippen LogP contribution is 2.33. The molecule has 0 unspecified atom stereocenters. The molecule has 25 heavy (non-hydrogen) atoms. The van der Waals surface area contributed by atoms with Gasteiger partial charge in [0.1, 0.15) is 5.75 Å². The van der Waals surface area contributed by atoms with Crippen LogP contribution in [0.2, 0.25) is 0 Å². The first kappa shape index (κ1) is 16.5. The molecule has 0 aliphatic carbocycles. The lowest BCUT2D eigenvalue weighted by molar-refractivity contribution is 0.413. The molecule has 0 bridgehead atoms. The van der Waals surface area contributed by atoms with Gasteiger partial charge in [-0.05, 0) is 36.6 Å². The summed E-state index contributed by atoms with van der Waals surface area (Å²) in [5, 5.41) is 1.13. The molecule has 3 aromatic rings. The van der Waals surface area contributed by atoms with Gasteiger partial charge in [-0.2, -0.15) is 0 Å². The SMILES string of the molecule is COc1ccccc1N1CCN(c2nc3ccc(SC)cc3s2)CC1. The number of benzene rings is 2. The molecule has 6 heteroatoms. The predicted octanol–water partition coefficient (Wildman–Crippen LogP) is 4.35. The lowest BCUT2D eigenvalue weighted by atomic mass is 10.2. The Morgan fingerprint density at radius 2 is 1.80 bits per heavy atom. The Labute approximate surface area is 156 Å². The largest absolute Gasteiger partial charge is 0.495 e. The van der Waals surface area contributed by atoms with Crippen LogP contribution in [0.25, 0.3) is 10.2 Å². The second kappa shape index (κ2) is 7.14. The van der Waals surface area contributed by atoms with E-state index < -0.39 is 0 Å². The van der Waals surface area contributed by atoms with Crippen molar-refractivity contribution >= 4 is 44.1 Å². The minimum Gasteiger partial charge on any atom is -0.495 e. The second-order valence-electron chi connectivity index (χ2n) is 5.98. The van der Waals surface area contributed by atoms with Gasteiger partial charge in [-0.3, -0.25) is 0 Å². The van der Waals surface area contributed by atoms with Crippen LogP contribution in [0.1, 0.15) is 0 Å². The van der Waals surface area contributed by atoms with Crippen molar-refractivity contribution in [3.8, 4) is 5.75 Å². The normalized spacial score (nSPS) is 15.0. The molecule has 0 N–H and O–H groups in total. The molecule has 0 spiro atoms. The molecule has 0 saturated carbocycles. The third kappa shape index (κ3) is 3.28. The van der Waals surface area contributed by atoms with Gasteiger partial charge in [0.15, 0.2) is 5.13 Å². The number of thioether (sulfide) groups is 1. The molecular formula is C19H21N3OS2. The predicted molar refractivity (Wildman–Crippen MR) is 109 cm³/mol. The van der Waals surface area contributed by atoms with Crippen LogP contribution in [-0.2, 0) is 0 Å². The average Bonchev–Trinajstić information content (AvgIpc) is 3.11. The van der Waals surface area contributed by atoms with Gasteiger partial charge in [-0.15, -0.1) is 11.8 Å². The van der Waals surface area contributed by atoms with Crippen LogP contribution in [-0.4, -0.2) is 44.5 Å². The van der Waals surface area contributed by atoms with E-state index in [-0.39, 0.29) is 0 Å². The third-order valence-electron chi connectivity index (χ3n) is 4.56. The number of hydrogen-bond acceptors (Lipinski definition) is 6. The monoisotopic (exact) mass is 371 g/mol. The van der Waals surface area contributed by atoms with Gasteiger partial charge in [0.05, 0.1) is 23.0 Å². The molecule has 4 nitrogen and oxygen atoms in total. The van der Waals surface area contributed by atoms with Crippen LogP contribution in [0.4, 0.5) is 10.8 Å². The van der Waals surface area contributed by atoms with E-state index in [0.29, 0.717) is 0 Å². The van der Waals surface area contributed by atoms with Crippen molar-refractivity contribution < 1.29 is 4.74 Å². The van der Waals surface area contributed by atoms with Gasteiger partial charge in [0, 0.05) is 31.1 Å². The number of nitrogens with zero attached hydrogens (tertiary/aromatic N) is 3. The topological polar surface area (TPSA) is 28.6 Å². The molecule has 1 aromatic heterocycles. The summed E-state index contributed by atoms with van der Waals surface area (Å²) in [5.41, 5.74) is 2.28. The van der Waals surface area contributed by atoms with Crippen LogP contribution in [0.5, 0.6) is 5.75 Å². The van der Waals surface area contributed by atoms with Gasteiger partial charge in [-0.25, -0.2) is 4.98 Å². The number of rotatable bonds is 4. The second-order valence-corrected chi connectivity index (χ2v) is 7.86. The van der Waals surface area contributed by atoms with E-state index in [4.69, 9.17) is 9.72 Å². The Bertz CT molecular complexity index is 872. The van der Waals surface area contributed by atoms with E-state index in [1.807, 2.05) is 12.1 Å².